The van der Waals surface area contributed by atoms with Crippen molar-refractivity contribution in [3.8, 4) is 0 Å². The van der Waals surface area contributed by atoms with Crippen LogP contribution in [0.5, 0.6) is 0 Å². The Morgan fingerprint density at radius 2 is 2.00 bits per heavy atom. The Morgan fingerprint density at radius 1 is 1.24 bits per heavy atom. The molecule has 3 aromatic rings. The summed E-state index contributed by atoms with van der Waals surface area (Å²) in [4.78, 5) is 9.36. The number of halogens is 2. The van der Waals surface area contributed by atoms with Gasteiger partial charge in [-0.3, -0.25) is 0 Å². The molecule has 0 saturated carbocycles. The lowest BCUT2D eigenvalue weighted by Crippen LogP contribution is -2.23. The Bertz CT molecular complexity index is 912. The van der Waals surface area contributed by atoms with Crippen LogP contribution in [0.1, 0.15) is 39.5 Å². The van der Waals surface area contributed by atoms with Gasteiger partial charge in [-0.25, -0.2) is 9.97 Å². The van der Waals surface area contributed by atoms with Crippen LogP contribution < -0.4 is 0 Å². The predicted molar refractivity (Wildman–Crippen MR) is 100 cm³/mol. The number of thiophene rings is 1. The van der Waals surface area contributed by atoms with Crippen LogP contribution in [-0.4, -0.2) is 20.2 Å². The summed E-state index contributed by atoms with van der Waals surface area (Å²) in [6, 6.07) is 8.89. The number of aliphatic hydroxyl groups is 2. The fourth-order valence-corrected chi connectivity index (χ4v) is 4.25. The number of aryl methyl sites for hydroxylation is 1. The van der Waals surface area contributed by atoms with Gasteiger partial charge in [0.05, 0.1) is 0 Å². The van der Waals surface area contributed by atoms with Crippen LogP contribution in [0.2, 0.25) is 10.2 Å². The Balaban J connectivity index is 2.01. The third-order valence-corrected chi connectivity index (χ3v) is 5.76. The van der Waals surface area contributed by atoms with Gasteiger partial charge in [0, 0.05) is 32.1 Å². The molecule has 2 atom stereocenters. The molecule has 0 unspecified atom stereocenters. The van der Waals surface area contributed by atoms with Crippen LogP contribution in [0, 0.1) is 6.92 Å². The first-order valence-corrected chi connectivity index (χ1v) is 9.10. The molecule has 0 fully saturated rings. The summed E-state index contributed by atoms with van der Waals surface area (Å²) in [5.74, 6) is 0. The van der Waals surface area contributed by atoms with Crippen molar-refractivity contribution in [1.82, 2.24) is 9.97 Å². The molecule has 0 aliphatic carbocycles. The summed E-state index contributed by atoms with van der Waals surface area (Å²) < 4.78 is 0. The van der Waals surface area contributed by atoms with E-state index < -0.39 is 11.7 Å². The maximum atomic E-state index is 11.1. The number of hydrogen-bond donors (Lipinski definition) is 2. The molecule has 0 aliphatic rings. The van der Waals surface area contributed by atoms with Crippen LogP contribution in [0.4, 0.5) is 0 Å². The molecule has 25 heavy (non-hydrogen) atoms. The van der Waals surface area contributed by atoms with Gasteiger partial charge >= 0.3 is 0 Å². The largest absolute Gasteiger partial charge is 0.383 e. The van der Waals surface area contributed by atoms with Gasteiger partial charge in [0.15, 0.2) is 0 Å². The number of benzene rings is 1. The highest BCUT2D eigenvalue weighted by molar-refractivity contribution is 7.12. The third kappa shape index (κ3) is 3.57. The van der Waals surface area contributed by atoms with E-state index in [-0.39, 0.29) is 5.15 Å². The Kier molecular flexibility index (Phi) is 5.14. The fourth-order valence-electron chi connectivity index (χ4n) is 2.73. The van der Waals surface area contributed by atoms with E-state index in [1.165, 1.54) is 23.9 Å². The van der Waals surface area contributed by atoms with Crippen LogP contribution in [0.3, 0.4) is 0 Å². The van der Waals surface area contributed by atoms with Crippen molar-refractivity contribution < 1.29 is 10.2 Å². The van der Waals surface area contributed by atoms with E-state index in [0.29, 0.717) is 26.6 Å². The summed E-state index contributed by atoms with van der Waals surface area (Å²) in [5.41, 5.74) is 0.588. The van der Waals surface area contributed by atoms with E-state index in [2.05, 4.69) is 9.97 Å². The molecule has 3 rings (SSSR count). The van der Waals surface area contributed by atoms with Crippen LogP contribution in [-0.2, 0) is 5.60 Å². The molecule has 130 valence electrons. The highest BCUT2D eigenvalue weighted by Crippen LogP contribution is 2.40. The molecular formula is C18H16Cl2N2O2S. The molecule has 4 nitrogen and oxygen atoms in total. The van der Waals surface area contributed by atoms with Crippen molar-refractivity contribution in [1.29, 1.82) is 0 Å². The number of nitrogens with zero attached hydrogens (tertiary/aromatic N) is 2. The SMILES string of the molecule is Cc1sc([C@H](O)c2cncnc2Cl)cc1[C@@](C)(O)c1cccc(Cl)c1. The third-order valence-electron chi connectivity index (χ3n) is 4.10. The lowest BCUT2D eigenvalue weighted by molar-refractivity contribution is 0.102. The second-order valence-corrected chi connectivity index (χ2v) is 7.95. The lowest BCUT2D eigenvalue weighted by Gasteiger charge is -2.24. The van der Waals surface area contributed by atoms with Crippen LogP contribution in [0.25, 0.3) is 0 Å². The van der Waals surface area contributed by atoms with Crippen molar-refractivity contribution in [3.63, 3.8) is 0 Å². The minimum atomic E-state index is -1.24. The summed E-state index contributed by atoms with van der Waals surface area (Å²) in [6.07, 6.45) is 1.86. The van der Waals surface area contributed by atoms with Crippen molar-refractivity contribution in [3.05, 3.63) is 79.5 Å². The average molecular weight is 395 g/mol. The summed E-state index contributed by atoms with van der Waals surface area (Å²) in [5, 5.41) is 22.5. The minimum absolute atomic E-state index is 0.205. The maximum Gasteiger partial charge on any atom is 0.138 e. The number of hydrogen-bond acceptors (Lipinski definition) is 5. The highest BCUT2D eigenvalue weighted by Gasteiger charge is 2.31. The zero-order valence-corrected chi connectivity index (χ0v) is 15.9. The molecule has 2 N–H and O–H groups in total. The number of aromatic nitrogens is 2. The zero-order valence-electron chi connectivity index (χ0n) is 13.6. The van der Waals surface area contributed by atoms with Crippen molar-refractivity contribution >= 4 is 34.5 Å². The van der Waals surface area contributed by atoms with Crippen LogP contribution in [0.15, 0.2) is 42.9 Å². The quantitative estimate of drug-likeness (QED) is 0.639. The normalized spacial score (nSPS) is 15.0. The first-order chi connectivity index (χ1) is 11.8. The van der Waals surface area contributed by atoms with E-state index in [1.54, 1.807) is 31.2 Å². The molecule has 1 aromatic carbocycles. The van der Waals surface area contributed by atoms with Crippen molar-refractivity contribution in [2.75, 3.05) is 0 Å². The molecule has 7 heteroatoms. The maximum absolute atomic E-state index is 11.1. The second-order valence-electron chi connectivity index (χ2n) is 5.87. The molecule has 0 spiro atoms. The molecule has 2 heterocycles. The standard InChI is InChI=1S/C18H16Cl2N2O2S/c1-10-14(18(2,24)11-4-3-5-12(19)6-11)7-15(25-10)16(23)13-8-21-9-22-17(13)20/h3-9,16,23-24H,1-2H3/t16-,18+/m1/s1. The lowest BCUT2D eigenvalue weighted by atomic mass is 9.88. The molecule has 0 radical (unpaired) electrons. The van der Waals surface area contributed by atoms with E-state index in [1.807, 2.05) is 13.0 Å². The predicted octanol–water partition coefficient (Wildman–Crippen LogP) is 4.49. The van der Waals surface area contributed by atoms with Gasteiger partial charge in [0.2, 0.25) is 0 Å². The van der Waals surface area contributed by atoms with Gasteiger partial charge in [-0.2, -0.15) is 0 Å². The Labute approximate surface area is 159 Å². The molecule has 0 amide bonds. The fraction of sp³-hybridized carbons (Fsp3) is 0.222. The monoisotopic (exact) mass is 394 g/mol. The van der Waals surface area contributed by atoms with E-state index >= 15 is 0 Å². The van der Waals surface area contributed by atoms with E-state index in [0.717, 1.165) is 4.88 Å². The first kappa shape index (κ1) is 18.3. The Morgan fingerprint density at radius 3 is 2.68 bits per heavy atom. The van der Waals surface area contributed by atoms with Gasteiger partial charge in [0.25, 0.3) is 0 Å². The van der Waals surface area contributed by atoms with Crippen molar-refractivity contribution in [2.24, 2.45) is 0 Å². The van der Waals surface area contributed by atoms with Gasteiger partial charge in [-0.15, -0.1) is 11.3 Å². The zero-order chi connectivity index (χ0) is 18.2. The summed E-state index contributed by atoms with van der Waals surface area (Å²) in [6.45, 7) is 3.61. The van der Waals surface area contributed by atoms with E-state index in [4.69, 9.17) is 23.2 Å². The van der Waals surface area contributed by atoms with Gasteiger partial charge < -0.3 is 10.2 Å². The second kappa shape index (κ2) is 7.02. The molecule has 0 bridgehead atoms. The summed E-state index contributed by atoms with van der Waals surface area (Å²) in [7, 11) is 0. The molecule has 2 aromatic heterocycles. The summed E-state index contributed by atoms with van der Waals surface area (Å²) >= 11 is 13.5. The smallest absolute Gasteiger partial charge is 0.138 e. The molecule has 0 saturated heterocycles. The minimum Gasteiger partial charge on any atom is -0.383 e. The van der Waals surface area contributed by atoms with Gasteiger partial charge in [0.1, 0.15) is 23.2 Å². The van der Waals surface area contributed by atoms with Crippen molar-refractivity contribution in [2.45, 2.75) is 25.6 Å². The van der Waals surface area contributed by atoms with E-state index in [9.17, 15) is 10.2 Å². The topological polar surface area (TPSA) is 66.2 Å². The molecular weight excluding hydrogens is 379 g/mol. The average Bonchev–Trinajstić information content (AvgIpc) is 2.97. The van der Waals surface area contributed by atoms with Gasteiger partial charge in [-0.1, -0.05) is 35.3 Å². The Hall–Kier alpha value is -1.50. The first-order valence-electron chi connectivity index (χ1n) is 7.53. The number of rotatable bonds is 4. The van der Waals surface area contributed by atoms with Gasteiger partial charge in [-0.05, 0) is 37.6 Å². The number of aliphatic hydroxyl groups excluding tert-OH is 1. The molecule has 0 aliphatic heterocycles. The van der Waals surface area contributed by atoms with Crippen LogP contribution >= 0.6 is 34.5 Å². The highest BCUT2D eigenvalue weighted by atomic mass is 35.5.